The molecule has 3 nitrogen and oxygen atoms in total. The SMILES string of the molecule is CC[C@H](N)c1ccccc1N(C)c1cccc(C#N)c1. The van der Waals surface area contributed by atoms with Crippen molar-refractivity contribution in [2.45, 2.75) is 19.4 Å². The molecule has 0 radical (unpaired) electrons. The van der Waals surface area contributed by atoms with Crippen molar-refractivity contribution in [3.8, 4) is 6.07 Å². The number of para-hydroxylation sites is 1. The number of anilines is 2. The third-order valence-electron chi connectivity index (χ3n) is 3.50. The molecule has 0 unspecified atom stereocenters. The highest BCUT2D eigenvalue weighted by Gasteiger charge is 2.13. The molecule has 20 heavy (non-hydrogen) atoms. The lowest BCUT2D eigenvalue weighted by atomic mass is 10.0. The third kappa shape index (κ3) is 2.81. The number of hydrogen-bond donors (Lipinski definition) is 1. The van der Waals surface area contributed by atoms with Crippen LogP contribution in [0.3, 0.4) is 0 Å². The maximum Gasteiger partial charge on any atom is 0.0992 e. The van der Waals surface area contributed by atoms with Gasteiger partial charge >= 0.3 is 0 Å². The largest absolute Gasteiger partial charge is 0.344 e. The van der Waals surface area contributed by atoms with Crippen molar-refractivity contribution >= 4 is 11.4 Å². The van der Waals surface area contributed by atoms with E-state index in [1.54, 1.807) is 6.07 Å². The second kappa shape index (κ2) is 6.23. The first-order valence-electron chi connectivity index (χ1n) is 6.75. The Bertz CT molecular complexity index is 628. The maximum atomic E-state index is 9.01. The summed E-state index contributed by atoms with van der Waals surface area (Å²) < 4.78 is 0. The molecule has 0 aromatic heterocycles. The number of nitriles is 1. The standard InChI is InChI=1S/C17H19N3/c1-3-16(19)15-9-4-5-10-17(15)20(2)14-8-6-7-13(11-14)12-18/h4-11,16H,3,19H2,1-2H3/t16-/m0/s1. The summed E-state index contributed by atoms with van der Waals surface area (Å²) in [4.78, 5) is 2.08. The van der Waals surface area contributed by atoms with Gasteiger partial charge in [-0.15, -0.1) is 0 Å². The molecule has 0 aliphatic rings. The molecule has 0 heterocycles. The zero-order valence-corrected chi connectivity index (χ0v) is 11.9. The van der Waals surface area contributed by atoms with Gasteiger partial charge in [0, 0.05) is 24.5 Å². The zero-order chi connectivity index (χ0) is 14.5. The lowest BCUT2D eigenvalue weighted by molar-refractivity contribution is 0.698. The van der Waals surface area contributed by atoms with Crippen molar-refractivity contribution in [1.29, 1.82) is 5.26 Å². The smallest absolute Gasteiger partial charge is 0.0992 e. The van der Waals surface area contributed by atoms with Crippen LogP contribution in [0.4, 0.5) is 11.4 Å². The van der Waals surface area contributed by atoms with Crippen LogP contribution < -0.4 is 10.6 Å². The van der Waals surface area contributed by atoms with E-state index in [9.17, 15) is 0 Å². The lowest BCUT2D eigenvalue weighted by Crippen LogP contribution is -2.16. The zero-order valence-electron chi connectivity index (χ0n) is 11.9. The number of benzene rings is 2. The molecule has 0 saturated heterocycles. The predicted octanol–water partition coefficient (Wildman–Crippen LogP) is 3.74. The summed E-state index contributed by atoms with van der Waals surface area (Å²) in [6.45, 7) is 2.08. The molecule has 2 rings (SSSR count). The van der Waals surface area contributed by atoms with Crippen molar-refractivity contribution in [2.24, 2.45) is 5.73 Å². The summed E-state index contributed by atoms with van der Waals surface area (Å²) in [5.41, 5.74) is 10.0. The van der Waals surface area contributed by atoms with Crippen LogP contribution in [0, 0.1) is 11.3 Å². The van der Waals surface area contributed by atoms with Gasteiger partial charge in [0.1, 0.15) is 0 Å². The van der Waals surface area contributed by atoms with Crippen LogP contribution >= 0.6 is 0 Å². The predicted molar refractivity (Wildman–Crippen MR) is 82.9 cm³/mol. The fourth-order valence-electron chi connectivity index (χ4n) is 2.25. The van der Waals surface area contributed by atoms with Crippen molar-refractivity contribution < 1.29 is 0 Å². The summed E-state index contributed by atoms with van der Waals surface area (Å²) in [5.74, 6) is 0. The van der Waals surface area contributed by atoms with Gasteiger partial charge in [0.2, 0.25) is 0 Å². The monoisotopic (exact) mass is 265 g/mol. The summed E-state index contributed by atoms with van der Waals surface area (Å²) in [7, 11) is 2.00. The Balaban J connectivity index is 2.43. The van der Waals surface area contributed by atoms with E-state index >= 15 is 0 Å². The summed E-state index contributed by atoms with van der Waals surface area (Å²) in [5, 5.41) is 9.01. The maximum absolute atomic E-state index is 9.01. The van der Waals surface area contributed by atoms with E-state index in [1.165, 1.54) is 0 Å². The minimum atomic E-state index is 0.0211. The molecule has 102 valence electrons. The molecule has 0 bridgehead atoms. The van der Waals surface area contributed by atoms with E-state index in [0.29, 0.717) is 5.56 Å². The summed E-state index contributed by atoms with van der Waals surface area (Å²) >= 11 is 0. The number of rotatable bonds is 4. The van der Waals surface area contributed by atoms with Crippen LogP contribution in [-0.4, -0.2) is 7.05 Å². The molecule has 2 aromatic rings. The van der Waals surface area contributed by atoms with E-state index in [1.807, 2.05) is 37.4 Å². The average Bonchev–Trinajstić information content (AvgIpc) is 2.53. The van der Waals surface area contributed by atoms with Gasteiger partial charge in [0.25, 0.3) is 0 Å². The van der Waals surface area contributed by atoms with Crippen LogP contribution in [0.15, 0.2) is 48.5 Å². The molecular formula is C17H19N3. The molecule has 2 N–H and O–H groups in total. The third-order valence-corrected chi connectivity index (χ3v) is 3.50. The second-order valence-corrected chi connectivity index (χ2v) is 4.79. The van der Waals surface area contributed by atoms with Gasteiger partial charge in [-0.3, -0.25) is 0 Å². The first-order valence-corrected chi connectivity index (χ1v) is 6.75. The quantitative estimate of drug-likeness (QED) is 0.916. The number of nitrogens with two attached hydrogens (primary N) is 1. The molecular weight excluding hydrogens is 246 g/mol. The van der Waals surface area contributed by atoms with Gasteiger partial charge in [-0.25, -0.2) is 0 Å². The average molecular weight is 265 g/mol. The molecule has 1 atom stereocenters. The highest BCUT2D eigenvalue weighted by atomic mass is 15.1. The lowest BCUT2D eigenvalue weighted by Gasteiger charge is -2.25. The van der Waals surface area contributed by atoms with Crippen LogP contribution in [0.25, 0.3) is 0 Å². The number of hydrogen-bond acceptors (Lipinski definition) is 3. The molecule has 2 aromatic carbocycles. The normalized spacial score (nSPS) is 11.7. The highest BCUT2D eigenvalue weighted by molar-refractivity contribution is 5.67. The van der Waals surface area contributed by atoms with Gasteiger partial charge < -0.3 is 10.6 Å². The van der Waals surface area contributed by atoms with E-state index in [4.69, 9.17) is 11.0 Å². The fraction of sp³-hybridized carbons (Fsp3) is 0.235. The Labute approximate surface area is 120 Å². The Morgan fingerprint density at radius 3 is 2.65 bits per heavy atom. The Morgan fingerprint density at radius 2 is 1.95 bits per heavy atom. The van der Waals surface area contributed by atoms with Crippen LogP contribution in [-0.2, 0) is 0 Å². The Morgan fingerprint density at radius 1 is 1.20 bits per heavy atom. The summed E-state index contributed by atoms with van der Waals surface area (Å²) in [6, 6.07) is 17.9. The second-order valence-electron chi connectivity index (χ2n) is 4.79. The molecule has 3 heteroatoms. The first kappa shape index (κ1) is 14.1. The first-order chi connectivity index (χ1) is 9.67. The van der Waals surface area contributed by atoms with Gasteiger partial charge in [0.15, 0.2) is 0 Å². The van der Waals surface area contributed by atoms with Gasteiger partial charge in [-0.2, -0.15) is 5.26 Å². The van der Waals surface area contributed by atoms with Crippen molar-refractivity contribution in [3.63, 3.8) is 0 Å². The minimum absolute atomic E-state index is 0.0211. The Hall–Kier alpha value is -2.31. The van der Waals surface area contributed by atoms with E-state index in [2.05, 4.69) is 30.0 Å². The number of nitrogens with zero attached hydrogens (tertiary/aromatic N) is 2. The fourth-order valence-corrected chi connectivity index (χ4v) is 2.25. The topological polar surface area (TPSA) is 53.0 Å². The molecule has 0 amide bonds. The van der Waals surface area contributed by atoms with Crippen LogP contribution in [0.5, 0.6) is 0 Å². The summed E-state index contributed by atoms with van der Waals surface area (Å²) in [6.07, 6.45) is 0.892. The van der Waals surface area contributed by atoms with Crippen molar-refractivity contribution in [3.05, 3.63) is 59.7 Å². The highest BCUT2D eigenvalue weighted by Crippen LogP contribution is 2.31. The molecule has 0 spiro atoms. The molecule has 0 saturated carbocycles. The Kier molecular flexibility index (Phi) is 4.39. The van der Waals surface area contributed by atoms with E-state index in [-0.39, 0.29) is 6.04 Å². The van der Waals surface area contributed by atoms with Gasteiger partial charge in [0.05, 0.1) is 11.6 Å². The van der Waals surface area contributed by atoms with Gasteiger partial charge in [-0.1, -0.05) is 31.2 Å². The van der Waals surface area contributed by atoms with Crippen LogP contribution in [0.1, 0.15) is 30.5 Å². The molecule has 0 aliphatic carbocycles. The van der Waals surface area contributed by atoms with Gasteiger partial charge in [-0.05, 0) is 36.2 Å². The molecule has 0 fully saturated rings. The van der Waals surface area contributed by atoms with Crippen LogP contribution in [0.2, 0.25) is 0 Å². The molecule has 0 aliphatic heterocycles. The minimum Gasteiger partial charge on any atom is -0.344 e. The van der Waals surface area contributed by atoms with Crippen molar-refractivity contribution in [2.75, 3.05) is 11.9 Å². The van der Waals surface area contributed by atoms with E-state index < -0.39 is 0 Å². The van der Waals surface area contributed by atoms with Crippen molar-refractivity contribution in [1.82, 2.24) is 0 Å². The van der Waals surface area contributed by atoms with E-state index in [0.717, 1.165) is 23.4 Å².